The molecule has 0 saturated carbocycles. The number of carbonyl (C=O) groups is 1. The zero-order valence-electron chi connectivity index (χ0n) is 12.9. The molecular formula is C18H18ClFN2O. The summed E-state index contributed by atoms with van der Waals surface area (Å²) < 4.78 is 14.1. The number of amides is 1. The van der Waals surface area contributed by atoms with Gasteiger partial charge in [-0.1, -0.05) is 41.9 Å². The van der Waals surface area contributed by atoms with Gasteiger partial charge in [0, 0.05) is 24.7 Å². The standard InChI is InChI=1S/C18H18ClFN2O/c1-21-9-10-22(17(12-21)13-5-3-2-4-6-13)18(23)15-8-7-14(19)11-16(15)20/h2-8,11,17H,9-10,12H2,1H3. The molecule has 1 saturated heterocycles. The molecule has 23 heavy (non-hydrogen) atoms. The first-order valence-electron chi connectivity index (χ1n) is 7.56. The van der Waals surface area contributed by atoms with Crippen LogP contribution in [-0.2, 0) is 0 Å². The summed E-state index contributed by atoms with van der Waals surface area (Å²) in [6.45, 7) is 2.06. The zero-order valence-corrected chi connectivity index (χ0v) is 13.6. The lowest BCUT2D eigenvalue weighted by atomic mass is 10.0. The van der Waals surface area contributed by atoms with Crippen molar-refractivity contribution in [1.82, 2.24) is 9.80 Å². The van der Waals surface area contributed by atoms with Crippen LogP contribution in [0.1, 0.15) is 22.0 Å². The van der Waals surface area contributed by atoms with E-state index in [1.54, 1.807) is 11.0 Å². The molecule has 1 aliphatic heterocycles. The highest BCUT2D eigenvalue weighted by Gasteiger charge is 2.31. The molecule has 0 spiro atoms. The van der Waals surface area contributed by atoms with E-state index in [4.69, 9.17) is 11.6 Å². The lowest BCUT2D eigenvalue weighted by molar-refractivity contribution is 0.0493. The molecule has 1 aliphatic rings. The molecule has 1 atom stereocenters. The third-order valence-electron chi connectivity index (χ3n) is 4.19. The first kappa shape index (κ1) is 16.0. The third-order valence-corrected chi connectivity index (χ3v) is 4.43. The number of piperazine rings is 1. The molecule has 0 N–H and O–H groups in total. The smallest absolute Gasteiger partial charge is 0.257 e. The van der Waals surface area contributed by atoms with Gasteiger partial charge in [-0.3, -0.25) is 4.79 Å². The van der Waals surface area contributed by atoms with E-state index >= 15 is 0 Å². The van der Waals surface area contributed by atoms with Crippen molar-refractivity contribution in [2.75, 3.05) is 26.7 Å². The van der Waals surface area contributed by atoms with Crippen LogP contribution < -0.4 is 0 Å². The first-order chi connectivity index (χ1) is 11.1. The fourth-order valence-electron chi connectivity index (χ4n) is 2.94. The van der Waals surface area contributed by atoms with Crippen LogP contribution in [0, 0.1) is 5.82 Å². The molecule has 1 fully saturated rings. The number of rotatable bonds is 2. The number of carbonyl (C=O) groups excluding carboxylic acids is 1. The molecule has 120 valence electrons. The number of likely N-dealkylation sites (N-methyl/N-ethyl adjacent to an activating group) is 1. The van der Waals surface area contributed by atoms with Gasteiger partial charge in [-0.25, -0.2) is 4.39 Å². The van der Waals surface area contributed by atoms with Crippen LogP contribution in [0.2, 0.25) is 5.02 Å². The number of hydrogen-bond acceptors (Lipinski definition) is 2. The molecule has 0 radical (unpaired) electrons. The molecule has 1 unspecified atom stereocenters. The van der Waals surface area contributed by atoms with Gasteiger partial charge in [0.05, 0.1) is 11.6 Å². The Balaban J connectivity index is 1.93. The van der Waals surface area contributed by atoms with E-state index in [0.29, 0.717) is 6.54 Å². The Morgan fingerprint density at radius 1 is 1.17 bits per heavy atom. The lowest BCUT2D eigenvalue weighted by Gasteiger charge is -2.40. The van der Waals surface area contributed by atoms with Gasteiger partial charge in [-0.2, -0.15) is 0 Å². The monoisotopic (exact) mass is 332 g/mol. The van der Waals surface area contributed by atoms with E-state index in [-0.39, 0.29) is 22.5 Å². The van der Waals surface area contributed by atoms with Crippen molar-refractivity contribution in [3.63, 3.8) is 0 Å². The molecule has 1 amide bonds. The van der Waals surface area contributed by atoms with Crippen molar-refractivity contribution in [2.24, 2.45) is 0 Å². The van der Waals surface area contributed by atoms with Crippen molar-refractivity contribution in [3.8, 4) is 0 Å². The maximum absolute atomic E-state index is 14.1. The largest absolute Gasteiger partial charge is 0.329 e. The maximum Gasteiger partial charge on any atom is 0.257 e. The van der Waals surface area contributed by atoms with Crippen LogP contribution in [0.4, 0.5) is 4.39 Å². The van der Waals surface area contributed by atoms with Crippen LogP contribution >= 0.6 is 11.6 Å². The minimum absolute atomic E-state index is 0.0693. The van der Waals surface area contributed by atoms with Crippen molar-refractivity contribution in [2.45, 2.75) is 6.04 Å². The summed E-state index contributed by atoms with van der Waals surface area (Å²) in [6.07, 6.45) is 0. The second-order valence-electron chi connectivity index (χ2n) is 5.81. The molecule has 3 rings (SSSR count). The number of hydrogen-bond donors (Lipinski definition) is 0. The highest BCUT2D eigenvalue weighted by atomic mass is 35.5. The Kier molecular flexibility index (Phi) is 4.64. The predicted octanol–water partition coefficient (Wildman–Crippen LogP) is 3.61. The van der Waals surface area contributed by atoms with Gasteiger partial charge in [0.15, 0.2) is 0 Å². The summed E-state index contributed by atoms with van der Waals surface area (Å²) in [7, 11) is 2.03. The SMILES string of the molecule is CN1CCN(C(=O)c2ccc(Cl)cc2F)C(c2ccccc2)C1. The van der Waals surface area contributed by atoms with Crippen LogP contribution in [0.3, 0.4) is 0 Å². The predicted molar refractivity (Wildman–Crippen MR) is 89.1 cm³/mol. The highest BCUT2D eigenvalue weighted by Crippen LogP contribution is 2.27. The number of benzene rings is 2. The highest BCUT2D eigenvalue weighted by molar-refractivity contribution is 6.30. The summed E-state index contributed by atoms with van der Waals surface area (Å²) in [4.78, 5) is 16.8. The van der Waals surface area contributed by atoms with E-state index in [1.807, 2.05) is 37.4 Å². The summed E-state index contributed by atoms with van der Waals surface area (Å²) in [5.41, 5.74) is 1.13. The van der Waals surface area contributed by atoms with Gasteiger partial charge in [0.1, 0.15) is 5.82 Å². The minimum atomic E-state index is -0.576. The Hall–Kier alpha value is -1.91. The summed E-state index contributed by atoms with van der Waals surface area (Å²) in [5, 5.41) is 0.289. The fourth-order valence-corrected chi connectivity index (χ4v) is 3.10. The van der Waals surface area contributed by atoms with Crippen molar-refractivity contribution in [1.29, 1.82) is 0 Å². The molecular weight excluding hydrogens is 315 g/mol. The molecule has 3 nitrogen and oxygen atoms in total. The topological polar surface area (TPSA) is 23.6 Å². The normalized spacial score (nSPS) is 18.9. The lowest BCUT2D eigenvalue weighted by Crippen LogP contribution is -2.49. The Labute approximate surface area is 140 Å². The van der Waals surface area contributed by atoms with Crippen LogP contribution in [0.25, 0.3) is 0 Å². The molecule has 5 heteroatoms. The van der Waals surface area contributed by atoms with Crippen LogP contribution in [0.5, 0.6) is 0 Å². The molecule has 1 heterocycles. The van der Waals surface area contributed by atoms with Crippen LogP contribution in [0.15, 0.2) is 48.5 Å². The van der Waals surface area contributed by atoms with E-state index in [2.05, 4.69) is 4.90 Å². The van der Waals surface area contributed by atoms with Gasteiger partial charge < -0.3 is 9.80 Å². The van der Waals surface area contributed by atoms with Gasteiger partial charge in [-0.15, -0.1) is 0 Å². The van der Waals surface area contributed by atoms with E-state index < -0.39 is 5.82 Å². The van der Waals surface area contributed by atoms with Crippen LogP contribution in [-0.4, -0.2) is 42.4 Å². The molecule has 0 aliphatic carbocycles. The average molecular weight is 333 g/mol. The van der Waals surface area contributed by atoms with Crippen molar-refractivity contribution in [3.05, 3.63) is 70.5 Å². The fraction of sp³-hybridized carbons (Fsp3) is 0.278. The second kappa shape index (κ2) is 6.69. The number of nitrogens with zero attached hydrogens (tertiary/aromatic N) is 2. The van der Waals surface area contributed by atoms with Crippen molar-refractivity contribution >= 4 is 17.5 Å². The second-order valence-corrected chi connectivity index (χ2v) is 6.25. The van der Waals surface area contributed by atoms with Crippen molar-refractivity contribution < 1.29 is 9.18 Å². The maximum atomic E-state index is 14.1. The van der Waals surface area contributed by atoms with E-state index in [0.717, 1.165) is 18.7 Å². The number of halogens is 2. The first-order valence-corrected chi connectivity index (χ1v) is 7.93. The summed E-state index contributed by atoms with van der Waals surface area (Å²) >= 11 is 5.78. The Morgan fingerprint density at radius 3 is 2.61 bits per heavy atom. The Bertz CT molecular complexity index is 707. The third kappa shape index (κ3) is 3.38. The van der Waals surface area contributed by atoms with Gasteiger partial charge >= 0.3 is 0 Å². The summed E-state index contributed by atoms with van der Waals surface area (Å²) in [6, 6.07) is 14.0. The molecule has 2 aromatic carbocycles. The van der Waals surface area contributed by atoms with Gasteiger partial charge in [-0.05, 0) is 30.8 Å². The molecule has 0 aromatic heterocycles. The van der Waals surface area contributed by atoms with E-state index in [1.165, 1.54) is 12.1 Å². The van der Waals surface area contributed by atoms with Gasteiger partial charge in [0.2, 0.25) is 0 Å². The zero-order chi connectivity index (χ0) is 16.4. The summed E-state index contributed by atoms with van der Waals surface area (Å²) in [5.74, 6) is -0.866. The Morgan fingerprint density at radius 2 is 1.91 bits per heavy atom. The molecule has 2 aromatic rings. The quantitative estimate of drug-likeness (QED) is 0.838. The molecule has 0 bridgehead atoms. The average Bonchev–Trinajstić information content (AvgIpc) is 2.55. The van der Waals surface area contributed by atoms with E-state index in [9.17, 15) is 9.18 Å². The van der Waals surface area contributed by atoms with Gasteiger partial charge in [0.25, 0.3) is 5.91 Å². The minimum Gasteiger partial charge on any atom is -0.329 e.